The summed E-state index contributed by atoms with van der Waals surface area (Å²) in [6, 6.07) is 8.82. The lowest BCUT2D eigenvalue weighted by molar-refractivity contribution is -0.117. The largest absolute Gasteiger partial charge is 0.325 e. The lowest BCUT2D eigenvalue weighted by atomic mass is 10.0. The summed E-state index contributed by atoms with van der Waals surface area (Å²) in [5.41, 5.74) is 7.43. The molecule has 0 heterocycles. The molecule has 4 nitrogen and oxygen atoms in total. The van der Waals surface area contributed by atoms with E-state index in [1.54, 1.807) is 12.1 Å². The molecule has 1 aromatic rings. The third kappa shape index (κ3) is 4.56. The Labute approximate surface area is 108 Å². The number of hydrogen-bond acceptors (Lipinski definition) is 3. The van der Waals surface area contributed by atoms with Crippen LogP contribution in [0.5, 0.6) is 0 Å². The molecule has 18 heavy (non-hydrogen) atoms. The van der Waals surface area contributed by atoms with Crippen molar-refractivity contribution in [2.24, 2.45) is 11.7 Å². The van der Waals surface area contributed by atoms with E-state index in [1.165, 1.54) is 0 Å². The predicted molar refractivity (Wildman–Crippen MR) is 71.8 cm³/mol. The molecule has 0 unspecified atom stereocenters. The fourth-order valence-corrected chi connectivity index (χ4v) is 1.65. The molecule has 0 saturated carbocycles. The number of carbonyl (C=O) groups excluding carboxylic acids is 1. The van der Waals surface area contributed by atoms with Gasteiger partial charge in [0, 0.05) is 5.69 Å². The van der Waals surface area contributed by atoms with E-state index in [9.17, 15) is 4.79 Å². The Morgan fingerprint density at radius 2 is 2.00 bits per heavy atom. The van der Waals surface area contributed by atoms with Crippen molar-refractivity contribution < 1.29 is 4.79 Å². The Morgan fingerprint density at radius 3 is 2.50 bits per heavy atom. The first-order valence-corrected chi connectivity index (χ1v) is 6.05. The number of nitrogens with one attached hydrogen (secondary N) is 1. The summed E-state index contributed by atoms with van der Waals surface area (Å²) in [5.74, 6) is 0.223. The second-order valence-electron chi connectivity index (χ2n) is 4.76. The van der Waals surface area contributed by atoms with Crippen LogP contribution in [-0.2, 0) is 11.2 Å². The fraction of sp³-hybridized carbons (Fsp3) is 0.429. The minimum atomic E-state index is -0.483. The van der Waals surface area contributed by atoms with Crippen molar-refractivity contribution in [2.45, 2.75) is 32.7 Å². The van der Waals surface area contributed by atoms with Crippen molar-refractivity contribution in [3.8, 4) is 6.07 Å². The molecule has 1 rings (SSSR count). The van der Waals surface area contributed by atoms with Crippen molar-refractivity contribution >= 4 is 11.6 Å². The van der Waals surface area contributed by atoms with Gasteiger partial charge in [-0.15, -0.1) is 0 Å². The van der Waals surface area contributed by atoms with Crippen molar-refractivity contribution in [2.75, 3.05) is 5.32 Å². The Balaban J connectivity index is 2.57. The smallest absolute Gasteiger partial charge is 0.241 e. The van der Waals surface area contributed by atoms with Crippen LogP contribution in [0.1, 0.15) is 25.8 Å². The normalized spacial score (nSPS) is 11.9. The molecule has 0 bridgehead atoms. The molecule has 0 aromatic heterocycles. The number of rotatable bonds is 5. The highest BCUT2D eigenvalue weighted by Gasteiger charge is 2.14. The minimum Gasteiger partial charge on any atom is -0.325 e. The van der Waals surface area contributed by atoms with Crippen LogP contribution >= 0.6 is 0 Å². The summed E-state index contributed by atoms with van der Waals surface area (Å²) < 4.78 is 0. The van der Waals surface area contributed by atoms with Gasteiger partial charge in [-0.2, -0.15) is 5.26 Å². The first-order valence-electron chi connectivity index (χ1n) is 6.05. The quantitative estimate of drug-likeness (QED) is 0.833. The van der Waals surface area contributed by atoms with Gasteiger partial charge >= 0.3 is 0 Å². The van der Waals surface area contributed by atoms with Crippen molar-refractivity contribution in [1.82, 2.24) is 0 Å². The number of nitrogens with zero attached hydrogens (tertiary/aromatic N) is 1. The van der Waals surface area contributed by atoms with Gasteiger partial charge in [0.05, 0.1) is 18.5 Å². The molecule has 0 aliphatic heterocycles. The van der Waals surface area contributed by atoms with Gasteiger partial charge in [-0.05, 0) is 30.0 Å². The highest BCUT2D eigenvalue weighted by molar-refractivity contribution is 5.94. The zero-order valence-corrected chi connectivity index (χ0v) is 10.8. The zero-order valence-electron chi connectivity index (χ0n) is 10.8. The van der Waals surface area contributed by atoms with E-state index in [4.69, 9.17) is 11.0 Å². The van der Waals surface area contributed by atoms with E-state index >= 15 is 0 Å². The monoisotopic (exact) mass is 245 g/mol. The van der Waals surface area contributed by atoms with Crippen LogP contribution in [0.15, 0.2) is 24.3 Å². The highest BCUT2D eigenvalue weighted by atomic mass is 16.2. The van der Waals surface area contributed by atoms with Crippen molar-refractivity contribution in [3.63, 3.8) is 0 Å². The standard InChI is InChI=1S/C14H19N3O/c1-10(2)9-13(16)14(18)17-12-5-3-11(4-6-12)7-8-15/h3-6,10,13H,7,9,16H2,1-2H3,(H,17,18)/t13-/m1/s1. The Morgan fingerprint density at radius 1 is 1.39 bits per heavy atom. The second-order valence-corrected chi connectivity index (χ2v) is 4.76. The maximum absolute atomic E-state index is 11.8. The molecule has 4 heteroatoms. The molecular formula is C14H19N3O. The number of amides is 1. The molecule has 0 radical (unpaired) electrons. The van der Waals surface area contributed by atoms with E-state index in [0.717, 1.165) is 5.56 Å². The zero-order chi connectivity index (χ0) is 13.5. The SMILES string of the molecule is CC(C)C[C@@H](N)C(=O)Nc1ccc(CC#N)cc1. The average Bonchev–Trinajstić information content (AvgIpc) is 2.31. The molecule has 1 amide bonds. The summed E-state index contributed by atoms with van der Waals surface area (Å²) in [7, 11) is 0. The topological polar surface area (TPSA) is 78.9 Å². The van der Waals surface area contributed by atoms with Gasteiger partial charge in [0.1, 0.15) is 0 Å². The van der Waals surface area contributed by atoms with Crippen LogP contribution < -0.4 is 11.1 Å². The molecule has 0 aliphatic rings. The summed E-state index contributed by atoms with van der Waals surface area (Å²) in [4.78, 5) is 11.8. The van der Waals surface area contributed by atoms with Gasteiger partial charge < -0.3 is 11.1 Å². The lowest BCUT2D eigenvalue weighted by Crippen LogP contribution is -2.36. The number of carbonyl (C=O) groups is 1. The predicted octanol–water partition coefficient (Wildman–Crippen LogP) is 2.06. The maximum atomic E-state index is 11.8. The van der Waals surface area contributed by atoms with Gasteiger partial charge in [-0.25, -0.2) is 0 Å². The minimum absolute atomic E-state index is 0.170. The van der Waals surface area contributed by atoms with Crippen molar-refractivity contribution in [3.05, 3.63) is 29.8 Å². The fourth-order valence-electron chi connectivity index (χ4n) is 1.65. The van der Waals surface area contributed by atoms with Gasteiger partial charge in [0.2, 0.25) is 5.91 Å². The van der Waals surface area contributed by atoms with E-state index < -0.39 is 6.04 Å². The van der Waals surface area contributed by atoms with E-state index in [1.807, 2.05) is 26.0 Å². The van der Waals surface area contributed by atoms with Crippen molar-refractivity contribution in [1.29, 1.82) is 5.26 Å². The van der Waals surface area contributed by atoms with E-state index in [2.05, 4.69) is 11.4 Å². The number of nitrogens with two attached hydrogens (primary N) is 1. The number of anilines is 1. The van der Waals surface area contributed by atoms with Gasteiger partial charge in [-0.1, -0.05) is 26.0 Å². The highest BCUT2D eigenvalue weighted by Crippen LogP contribution is 2.11. The Kier molecular flexibility index (Phi) is 5.34. The van der Waals surface area contributed by atoms with Crippen LogP contribution in [0.4, 0.5) is 5.69 Å². The molecule has 96 valence electrons. The number of benzene rings is 1. The molecule has 0 spiro atoms. The Hall–Kier alpha value is -1.86. The molecule has 3 N–H and O–H groups in total. The van der Waals surface area contributed by atoms with Crippen LogP contribution in [0.25, 0.3) is 0 Å². The molecule has 0 saturated heterocycles. The second kappa shape index (κ2) is 6.77. The molecule has 1 aromatic carbocycles. The summed E-state index contributed by atoms with van der Waals surface area (Å²) in [6.45, 7) is 4.06. The number of nitriles is 1. The summed E-state index contributed by atoms with van der Waals surface area (Å²) in [6.07, 6.45) is 1.04. The lowest BCUT2D eigenvalue weighted by Gasteiger charge is -2.14. The first-order chi connectivity index (χ1) is 8.52. The van der Waals surface area contributed by atoms with Gasteiger partial charge in [0.15, 0.2) is 0 Å². The van der Waals surface area contributed by atoms with E-state index in [0.29, 0.717) is 24.4 Å². The van der Waals surface area contributed by atoms with Gasteiger partial charge in [0.25, 0.3) is 0 Å². The summed E-state index contributed by atoms with van der Waals surface area (Å²) >= 11 is 0. The third-order valence-corrected chi connectivity index (χ3v) is 2.57. The number of hydrogen-bond donors (Lipinski definition) is 2. The molecule has 1 atom stereocenters. The van der Waals surface area contributed by atoms with Crippen LogP contribution in [0.2, 0.25) is 0 Å². The Bertz CT molecular complexity index is 431. The first kappa shape index (κ1) is 14.2. The van der Waals surface area contributed by atoms with E-state index in [-0.39, 0.29) is 5.91 Å². The molecular weight excluding hydrogens is 226 g/mol. The summed E-state index contributed by atoms with van der Waals surface area (Å²) in [5, 5.41) is 11.3. The third-order valence-electron chi connectivity index (χ3n) is 2.57. The molecule has 0 fully saturated rings. The van der Waals surface area contributed by atoms with Crippen LogP contribution in [0.3, 0.4) is 0 Å². The van der Waals surface area contributed by atoms with Crippen LogP contribution in [0, 0.1) is 17.2 Å². The average molecular weight is 245 g/mol. The van der Waals surface area contributed by atoms with Gasteiger partial charge in [-0.3, -0.25) is 4.79 Å². The molecule has 0 aliphatic carbocycles. The van der Waals surface area contributed by atoms with Crippen LogP contribution in [-0.4, -0.2) is 11.9 Å². The maximum Gasteiger partial charge on any atom is 0.241 e.